The van der Waals surface area contributed by atoms with E-state index in [0.29, 0.717) is 5.75 Å². The summed E-state index contributed by atoms with van der Waals surface area (Å²) in [5.74, 6) is 0.368. The highest BCUT2D eigenvalue weighted by Crippen LogP contribution is 2.15. The Balaban J connectivity index is 1.72. The monoisotopic (exact) mass is 361 g/mol. The van der Waals surface area contributed by atoms with Gasteiger partial charge < -0.3 is 10.8 Å². The van der Waals surface area contributed by atoms with Crippen LogP contribution >= 0.6 is 0 Å². The molecule has 0 aliphatic heterocycles. The zero-order valence-corrected chi connectivity index (χ0v) is 17.1. The number of benzene rings is 1. The number of nitrogens with two attached hydrogens (primary N) is 1. The molecule has 0 bridgehead atoms. The summed E-state index contributed by atoms with van der Waals surface area (Å²) >= 11 is 0. The molecule has 26 heavy (non-hydrogen) atoms. The number of phenols is 1. The molecule has 0 amide bonds. The summed E-state index contributed by atoms with van der Waals surface area (Å²) in [6.07, 6.45) is 23.3. The molecule has 0 aliphatic rings. The van der Waals surface area contributed by atoms with Gasteiger partial charge in [-0.25, -0.2) is 0 Å². The lowest BCUT2D eigenvalue weighted by atomic mass is 10.0. The second-order valence-corrected chi connectivity index (χ2v) is 7.86. The quantitative estimate of drug-likeness (QED) is 0.273. The van der Waals surface area contributed by atoms with Gasteiger partial charge >= 0.3 is 0 Å². The molecule has 0 aliphatic carbocycles. The minimum Gasteiger partial charge on any atom is -0.508 e. The van der Waals surface area contributed by atoms with Gasteiger partial charge in [0, 0.05) is 0 Å². The Morgan fingerprint density at radius 3 is 1.23 bits per heavy atom. The standard InChI is InChI=1S/C24H43NO/c25-22-16-14-12-10-8-6-4-2-1-3-5-7-9-11-13-15-17-23-18-20-24(26)21-19-23/h18-21,26H,1-17,22,25H2. The van der Waals surface area contributed by atoms with Crippen molar-refractivity contribution >= 4 is 0 Å². The van der Waals surface area contributed by atoms with Crippen molar-refractivity contribution in [2.45, 2.75) is 109 Å². The molecule has 3 N–H and O–H groups in total. The van der Waals surface area contributed by atoms with Crippen LogP contribution in [0.4, 0.5) is 0 Å². The molecule has 0 heterocycles. The van der Waals surface area contributed by atoms with Crippen LogP contribution in [-0.4, -0.2) is 11.7 Å². The van der Waals surface area contributed by atoms with Gasteiger partial charge in [-0.1, -0.05) is 102 Å². The van der Waals surface area contributed by atoms with E-state index in [4.69, 9.17) is 5.73 Å². The van der Waals surface area contributed by atoms with Crippen LogP contribution in [0.5, 0.6) is 5.75 Å². The molecule has 150 valence electrons. The third-order valence-electron chi connectivity index (χ3n) is 5.36. The Morgan fingerprint density at radius 1 is 0.500 bits per heavy atom. The van der Waals surface area contributed by atoms with Crippen LogP contribution in [0.3, 0.4) is 0 Å². The van der Waals surface area contributed by atoms with E-state index in [-0.39, 0.29) is 0 Å². The number of hydrogen-bond donors (Lipinski definition) is 2. The summed E-state index contributed by atoms with van der Waals surface area (Å²) in [5, 5.41) is 9.27. The largest absolute Gasteiger partial charge is 0.508 e. The molecular formula is C24H43NO. The molecule has 0 fully saturated rings. The molecule has 2 nitrogen and oxygen atoms in total. The Bertz CT molecular complexity index is 401. The molecule has 1 aromatic carbocycles. The minimum atomic E-state index is 0.368. The van der Waals surface area contributed by atoms with Gasteiger partial charge in [-0.3, -0.25) is 0 Å². The van der Waals surface area contributed by atoms with Gasteiger partial charge in [0.25, 0.3) is 0 Å². The first-order valence-electron chi connectivity index (χ1n) is 11.3. The third-order valence-corrected chi connectivity index (χ3v) is 5.36. The SMILES string of the molecule is NCCCCCCCCCCCCCCCCCCc1ccc(O)cc1. The van der Waals surface area contributed by atoms with Crippen molar-refractivity contribution in [2.24, 2.45) is 5.73 Å². The van der Waals surface area contributed by atoms with Crippen molar-refractivity contribution in [1.82, 2.24) is 0 Å². The number of hydrogen-bond acceptors (Lipinski definition) is 2. The zero-order valence-electron chi connectivity index (χ0n) is 17.1. The Kier molecular flexibility index (Phi) is 15.4. The summed E-state index contributed by atoms with van der Waals surface area (Å²) in [4.78, 5) is 0. The van der Waals surface area contributed by atoms with Crippen molar-refractivity contribution in [2.75, 3.05) is 6.54 Å². The Labute approximate surface area is 162 Å². The van der Waals surface area contributed by atoms with Crippen molar-refractivity contribution < 1.29 is 5.11 Å². The number of rotatable bonds is 18. The summed E-state index contributed by atoms with van der Waals surface area (Å²) in [7, 11) is 0. The molecule has 0 spiro atoms. The van der Waals surface area contributed by atoms with E-state index in [2.05, 4.69) is 0 Å². The number of unbranched alkanes of at least 4 members (excludes halogenated alkanes) is 15. The second kappa shape index (κ2) is 17.4. The first kappa shape index (κ1) is 23.0. The van der Waals surface area contributed by atoms with Gasteiger partial charge in [0.2, 0.25) is 0 Å². The molecule has 0 aromatic heterocycles. The molecule has 0 saturated carbocycles. The van der Waals surface area contributed by atoms with E-state index < -0.39 is 0 Å². The van der Waals surface area contributed by atoms with Crippen molar-refractivity contribution in [1.29, 1.82) is 0 Å². The fourth-order valence-corrected chi connectivity index (χ4v) is 3.61. The summed E-state index contributed by atoms with van der Waals surface area (Å²) < 4.78 is 0. The summed E-state index contributed by atoms with van der Waals surface area (Å²) in [6, 6.07) is 7.66. The third kappa shape index (κ3) is 14.2. The number of aromatic hydroxyl groups is 1. The van der Waals surface area contributed by atoms with Crippen LogP contribution in [0, 0.1) is 0 Å². The molecule has 0 radical (unpaired) electrons. The lowest BCUT2D eigenvalue weighted by Crippen LogP contribution is -1.97. The van der Waals surface area contributed by atoms with Crippen molar-refractivity contribution in [3.8, 4) is 5.75 Å². The van der Waals surface area contributed by atoms with Gasteiger partial charge in [0.05, 0.1) is 0 Å². The maximum Gasteiger partial charge on any atom is 0.115 e. The number of phenolic OH excluding ortho intramolecular Hbond substituents is 1. The summed E-state index contributed by atoms with van der Waals surface area (Å²) in [5.41, 5.74) is 6.85. The Hall–Kier alpha value is -1.02. The predicted octanol–water partition coefficient (Wildman–Crippen LogP) is 7.14. The van der Waals surface area contributed by atoms with E-state index >= 15 is 0 Å². The average molecular weight is 362 g/mol. The van der Waals surface area contributed by atoms with Crippen molar-refractivity contribution in [3.05, 3.63) is 29.8 Å². The van der Waals surface area contributed by atoms with E-state index in [1.807, 2.05) is 12.1 Å². The van der Waals surface area contributed by atoms with Crippen molar-refractivity contribution in [3.63, 3.8) is 0 Å². The smallest absolute Gasteiger partial charge is 0.115 e. The van der Waals surface area contributed by atoms with Crippen LogP contribution in [-0.2, 0) is 6.42 Å². The van der Waals surface area contributed by atoms with Crippen LogP contribution in [0.2, 0.25) is 0 Å². The first-order chi connectivity index (χ1) is 12.8. The van der Waals surface area contributed by atoms with E-state index in [9.17, 15) is 5.11 Å². The van der Waals surface area contributed by atoms with Crippen LogP contribution in [0.15, 0.2) is 24.3 Å². The van der Waals surface area contributed by atoms with E-state index in [1.54, 1.807) is 12.1 Å². The highest BCUT2D eigenvalue weighted by atomic mass is 16.3. The Morgan fingerprint density at radius 2 is 0.846 bits per heavy atom. The van der Waals surface area contributed by atoms with Gasteiger partial charge in [0.15, 0.2) is 0 Å². The molecule has 1 rings (SSSR count). The predicted molar refractivity (Wildman–Crippen MR) is 115 cm³/mol. The fraction of sp³-hybridized carbons (Fsp3) is 0.750. The maximum absolute atomic E-state index is 9.27. The molecule has 0 saturated heterocycles. The minimum absolute atomic E-state index is 0.368. The maximum atomic E-state index is 9.27. The lowest BCUT2D eigenvalue weighted by molar-refractivity contribution is 0.475. The highest BCUT2D eigenvalue weighted by molar-refractivity contribution is 5.25. The molecule has 1 aromatic rings. The van der Waals surface area contributed by atoms with Gasteiger partial charge in [-0.2, -0.15) is 0 Å². The molecule has 2 heteroatoms. The van der Waals surface area contributed by atoms with Crippen LogP contribution in [0.25, 0.3) is 0 Å². The molecular weight excluding hydrogens is 318 g/mol. The molecule has 0 atom stereocenters. The highest BCUT2D eigenvalue weighted by Gasteiger charge is 1.96. The second-order valence-electron chi connectivity index (χ2n) is 7.86. The van der Waals surface area contributed by atoms with Crippen LogP contribution in [0.1, 0.15) is 108 Å². The van der Waals surface area contributed by atoms with Gasteiger partial charge in [-0.15, -0.1) is 0 Å². The fourth-order valence-electron chi connectivity index (χ4n) is 3.61. The topological polar surface area (TPSA) is 46.2 Å². The first-order valence-corrected chi connectivity index (χ1v) is 11.3. The lowest BCUT2D eigenvalue weighted by Gasteiger charge is -2.04. The molecule has 0 unspecified atom stereocenters. The van der Waals surface area contributed by atoms with Gasteiger partial charge in [-0.05, 0) is 43.5 Å². The normalized spacial score (nSPS) is 11.1. The van der Waals surface area contributed by atoms with Crippen LogP contribution < -0.4 is 5.73 Å². The average Bonchev–Trinajstić information content (AvgIpc) is 2.66. The van der Waals surface area contributed by atoms with E-state index in [1.165, 1.54) is 108 Å². The van der Waals surface area contributed by atoms with Gasteiger partial charge in [0.1, 0.15) is 5.75 Å². The zero-order chi connectivity index (χ0) is 18.7. The summed E-state index contributed by atoms with van der Waals surface area (Å²) in [6.45, 7) is 0.861. The van der Waals surface area contributed by atoms with E-state index in [0.717, 1.165) is 13.0 Å². The number of aryl methyl sites for hydroxylation is 1.